The van der Waals surface area contributed by atoms with E-state index in [0.29, 0.717) is 28.8 Å². The number of fused-ring (bicyclic) bond motifs is 1. The monoisotopic (exact) mass is 450 g/mol. The molecule has 2 fully saturated rings. The predicted molar refractivity (Wildman–Crippen MR) is 122 cm³/mol. The Kier molecular flexibility index (Phi) is 7.79. The predicted octanol–water partition coefficient (Wildman–Crippen LogP) is 4.69. The summed E-state index contributed by atoms with van der Waals surface area (Å²) in [5, 5.41) is 11.0. The van der Waals surface area contributed by atoms with Gasteiger partial charge in [-0.3, -0.25) is 4.74 Å². The van der Waals surface area contributed by atoms with Gasteiger partial charge in [0.15, 0.2) is 14.6 Å². The van der Waals surface area contributed by atoms with Crippen LogP contribution < -0.4 is 0 Å². The molecule has 0 aliphatic carbocycles. The molecule has 0 unspecified atom stereocenters. The third kappa shape index (κ3) is 4.55. The second-order valence-corrected chi connectivity index (χ2v) is 14.8. The van der Waals surface area contributed by atoms with Crippen LogP contribution in [0.1, 0.15) is 47.1 Å². The van der Waals surface area contributed by atoms with Gasteiger partial charge in [0, 0.05) is 5.56 Å². The number of ether oxygens (including phenoxy) is 4. The van der Waals surface area contributed by atoms with Crippen LogP contribution in [-0.2, 0) is 29.3 Å². The van der Waals surface area contributed by atoms with E-state index in [2.05, 4.69) is 48.1 Å². The molecule has 0 spiro atoms. The van der Waals surface area contributed by atoms with E-state index in [1.807, 2.05) is 30.3 Å². The lowest BCUT2D eigenvalue weighted by Crippen LogP contribution is -2.50. The van der Waals surface area contributed by atoms with E-state index in [4.69, 9.17) is 23.4 Å². The van der Waals surface area contributed by atoms with E-state index in [-0.39, 0.29) is 6.61 Å². The fraction of sp³-hybridized carbons (Fsp3) is 0.667. The lowest BCUT2D eigenvalue weighted by atomic mass is 10.1. The van der Waals surface area contributed by atoms with E-state index >= 15 is 0 Å². The smallest absolute Gasteiger partial charge is 0.315 e. The highest BCUT2D eigenvalue weighted by molar-refractivity contribution is 6.77. The zero-order valence-electron chi connectivity index (χ0n) is 19.6. The minimum Gasteiger partial charge on any atom is -0.413 e. The Hall–Kier alpha value is -1.06. The molecule has 174 valence electrons. The maximum atomic E-state index is 11.0. The Morgan fingerprint density at radius 3 is 2.19 bits per heavy atom. The second-order valence-electron chi connectivity index (χ2n) is 9.38. The summed E-state index contributed by atoms with van der Waals surface area (Å²) in [6.45, 7) is 17.7. The van der Waals surface area contributed by atoms with Gasteiger partial charge in [0.1, 0.15) is 18.3 Å². The maximum Gasteiger partial charge on any atom is 0.315 e. The van der Waals surface area contributed by atoms with E-state index in [9.17, 15) is 5.11 Å². The van der Waals surface area contributed by atoms with Crippen molar-refractivity contribution in [2.45, 2.75) is 88.7 Å². The Balaban J connectivity index is 1.73. The van der Waals surface area contributed by atoms with Crippen molar-refractivity contribution >= 4 is 8.32 Å². The van der Waals surface area contributed by atoms with Crippen molar-refractivity contribution in [3.63, 3.8) is 0 Å². The van der Waals surface area contributed by atoms with Crippen LogP contribution in [0.2, 0.25) is 16.6 Å². The topological polar surface area (TPSA) is 66.4 Å². The Bertz CT molecular complexity index is 702. The first-order chi connectivity index (χ1) is 14.7. The molecule has 0 aromatic heterocycles. The largest absolute Gasteiger partial charge is 0.413 e. The van der Waals surface area contributed by atoms with Crippen molar-refractivity contribution in [1.29, 1.82) is 0 Å². The van der Waals surface area contributed by atoms with Crippen LogP contribution in [-0.4, -0.2) is 51.2 Å². The zero-order valence-corrected chi connectivity index (χ0v) is 20.6. The first-order valence-electron chi connectivity index (χ1n) is 11.3. The van der Waals surface area contributed by atoms with Crippen LogP contribution in [0.5, 0.6) is 0 Å². The quantitative estimate of drug-likeness (QED) is 0.412. The van der Waals surface area contributed by atoms with Gasteiger partial charge in [0.05, 0.1) is 13.2 Å². The minimum absolute atomic E-state index is 0.238. The first-order valence-corrected chi connectivity index (χ1v) is 13.5. The van der Waals surface area contributed by atoms with Gasteiger partial charge in [-0.05, 0) is 16.6 Å². The standard InChI is InChI=1S/C24H38O6Si/c1-8-14-26-24(19-12-10-9-11-13-19)29-22-21(25)20(28-23(22)30-24)15-27-31(16(2)3,17(4)5)18(6)7/h8-13,16-18,20-23,25H,1,14-15H2,2-7H3/t20-,21-,22+,23+,24-/m1/s1. The summed E-state index contributed by atoms with van der Waals surface area (Å²) in [5.41, 5.74) is 2.07. The fourth-order valence-electron chi connectivity index (χ4n) is 5.25. The van der Waals surface area contributed by atoms with Crippen molar-refractivity contribution in [3.8, 4) is 0 Å². The highest BCUT2D eigenvalue weighted by Gasteiger charge is 2.59. The molecule has 1 aromatic rings. The molecule has 1 aromatic carbocycles. The van der Waals surface area contributed by atoms with Crippen molar-refractivity contribution < 1.29 is 28.5 Å². The molecule has 6 nitrogen and oxygen atoms in total. The van der Waals surface area contributed by atoms with Gasteiger partial charge in [-0.15, -0.1) is 6.58 Å². The third-order valence-electron chi connectivity index (χ3n) is 6.58. The molecule has 2 saturated heterocycles. The van der Waals surface area contributed by atoms with Crippen LogP contribution in [0.3, 0.4) is 0 Å². The molecule has 5 atom stereocenters. The van der Waals surface area contributed by atoms with Crippen molar-refractivity contribution in [2.24, 2.45) is 0 Å². The van der Waals surface area contributed by atoms with Gasteiger partial charge < -0.3 is 23.7 Å². The molecule has 0 saturated carbocycles. The Morgan fingerprint density at radius 1 is 1.06 bits per heavy atom. The SMILES string of the molecule is C=CCO[C@@]1(c2ccccc2)O[C@@H]2O[C@H](CO[Si](C(C)C)(C(C)C)C(C)C)[C@@H](O)[C@@H]2O1. The summed E-state index contributed by atoms with van der Waals surface area (Å²) in [4.78, 5) is 0. The molecule has 31 heavy (non-hydrogen) atoms. The van der Waals surface area contributed by atoms with Gasteiger partial charge in [-0.25, -0.2) is 0 Å². The summed E-state index contributed by atoms with van der Waals surface area (Å²) in [5.74, 6) is -1.43. The summed E-state index contributed by atoms with van der Waals surface area (Å²) < 4.78 is 30.9. The number of hydrogen-bond donors (Lipinski definition) is 1. The van der Waals surface area contributed by atoms with E-state index in [0.717, 1.165) is 0 Å². The third-order valence-corrected chi connectivity index (χ3v) is 12.7. The van der Waals surface area contributed by atoms with Crippen LogP contribution >= 0.6 is 0 Å². The van der Waals surface area contributed by atoms with Crippen molar-refractivity contribution in [3.05, 3.63) is 48.6 Å². The molecule has 2 heterocycles. The van der Waals surface area contributed by atoms with Crippen molar-refractivity contribution in [1.82, 2.24) is 0 Å². The van der Waals surface area contributed by atoms with Crippen LogP contribution in [0.4, 0.5) is 0 Å². The first kappa shape index (κ1) is 24.6. The van der Waals surface area contributed by atoms with Crippen LogP contribution in [0.25, 0.3) is 0 Å². The van der Waals surface area contributed by atoms with Gasteiger partial charge in [0.2, 0.25) is 0 Å². The molecule has 0 amide bonds. The summed E-state index contributed by atoms with van der Waals surface area (Å²) >= 11 is 0. The van der Waals surface area contributed by atoms with Gasteiger partial charge in [0.25, 0.3) is 0 Å². The van der Waals surface area contributed by atoms with E-state index in [1.54, 1.807) is 6.08 Å². The molecule has 0 radical (unpaired) electrons. The summed E-state index contributed by atoms with van der Waals surface area (Å²) in [6.07, 6.45) is -1.14. The molecule has 7 heteroatoms. The number of hydrogen-bond acceptors (Lipinski definition) is 6. The average molecular weight is 451 g/mol. The zero-order chi connectivity index (χ0) is 22.8. The fourth-order valence-corrected chi connectivity index (χ4v) is 10.7. The number of aliphatic hydroxyl groups is 1. The lowest BCUT2D eigenvalue weighted by Gasteiger charge is -2.43. The summed E-state index contributed by atoms with van der Waals surface area (Å²) in [6, 6.07) is 9.41. The number of rotatable bonds is 10. The van der Waals surface area contributed by atoms with Crippen LogP contribution in [0.15, 0.2) is 43.0 Å². The van der Waals surface area contributed by atoms with E-state index < -0.39 is 38.9 Å². The van der Waals surface area contributed by atoms with Gasteiger partial charge in [-0.1, -0.05) is 78.0 Å². The van der Waals surface area contributed by atoms with E-state index in [1.165, 1.54) is 0 Å². The van der Waals surface area contributed by atoms with Gasteiger partial charge in [-0.2, -0.15) is 0 Å². The highest BCUT2D eigenvalue weighted by atomic mass is 28.4. The highest BCUT2D eigenvalue weighted by Crippen LogP contribution is 2.46. The minimum atomic E-state index is -2.07. The Labute approximate surface area is 187 Å². The molecule has 2 aliphatic rings. The molecular weight excluding hydrogens is 412 g/mol. The molecule has 2 aliphatic heterocycles. The molecule has 3 rings (SSSR count). The van der Waals surface area contributed by atoms with Crippen LogP contribution in [0, 0.1) is 0 Å². The second kappa shape index (κ2) is 9.83. The average Bonchev–Trinajstić information content (AvgIpc) is 3.23. The molecular formula is C24H38O6Si. The normalized spacial score (nSPS) is 31.0. The lowest BCUT2D eigenvalue weighted by molar-refractivity contribution is -0.373. The Morgan fingerprint density at radius 2 is 1.68 bits per heavy atom. The van der Waals surface area contributed by atoms with Gasteiger partial charge >= 0.3 is 5.97 Å². The molecule has 0 bridgehead atoms. The molecule has 1 N–H and O–H groups in total. The number of benzene rings is 1. The van der Waals surface area contributed by atoms with Crippen molar-refractivity contribution in [2.75, 3.05) is 13.2 Å². The summed E-state index contributed by atoms with van der Waals surface area (Å²) in [7, 11) is -2.07. The number of aliphatic hydroxyl groups excluding tert-OH is 1. The maximum absolute atomic E-state index is 11.0.